The molecule has 4 aliphatic rings. The molecule has 7 rings (SSSR count). The van der Waals surface area contributed by atoms with E-state index in [1.807, 2.05) is 54.6 Å². The maximum Gasteiger partial charge on any atom is 0.307 e. The number of benzene rings is 2. The van der Waals surface area contributed by atoms with Crippen molar-refractivity contribution < 1.29 is 14.3 Å². The van der Waals surface area contributed by atoms with Crippen LogP contribution in [0.1, 0.15) is 67.0 Å². The monoisotopic (exact) mass is 505 g/mol. The van der Waals surface area contributed by atoms with Crippen molar-refractivity contribution in [2.75, 3.05) is 0 Å². The molecule has 0 radical (unpaired) electrons. The number of halogens is 1. The van der Waals surface area contributed by atoms with E-state index in [2.05, 4.69) is 20.9 Å². The van der Waals surface area contributed by atoms with Gasteiger partial charge in [-0.05, 0) is 61.8 Å². The van der Waals surface area contributed by atoms with Crippen molar-refractivity contribution in [3.63, 3.8) is 0 Å². The summed E-state index contributed by atoms with van der Waals surface area (Å²) >= 11 is 4.03. The zero-order valence-corrected chi connectivity index (χ0v) is 20.1. The van der Waals surface area contributed by atoms with Gasteiger partial charge >= 0.3 is 5.97 Å². The highest BCUT2D eigenvalue weighted by Gasteiger charge is 2.57. The molecule has 1 aromatic heterocycles. The van der Waals surface area contributed by atoms with E-state index in [4.69, 9.17) is 4.74 Å². The van der Waals surface area contributed by atoms with E-state index in [0.717, 1.165) is 30.2 Å². The second kappa shape index (κ2) is 7.83. The van der Waals surface area contributed by atoms with Gasteiger partial charge in [0.05, 0.1) is 6.42 Å². The Bertz CT molecular complexity index is 1200. The highest BCUT2D eigenvalue weighted by atomic mass is 79.9. The fraction of sp³-hybridized carbons (Fsp3) is 0.429. The second-order valence-electron chi connectivity index (χ2n) is 10.7. The molecule has 170 valence electrons. The smallest absolute Gasteiger partial charge is 0.307 e. The van der Waals surface area contributed by atoms with E-state index in [9.17, 15) is 9.59 Å². The van der Waals surface area contributed by atoms with E-state index in [0.29, 0.717) is 29.4 Å². The van der Waals surface area contributed by atoms with Gasteiger partial charge in [0.1, 0.15) is 0 Å². The molecule has 3 aromatic rings. The number of H-pyrrole nitrogens is 1. The van der Waals surface area contributed by atoms with E-state index in [1.165, 1.54) is 19.3 Å². The molecular formula is C28H28BrNO3. The number of aromatic nitrogens is 1. The highest BCUT2D eigenvalue weighted by Crippen LogP contribution is 2.65. The summed E-state index contributed by atoms with van der Waals surface area (Å²) in [5.41, 5.74) is 2.18. The van der Waals surface area contributed by atoms with Crippen molar-refractivity contribution in [3.8, 4) is 0 Å². The summed E-state index contributed by atoms with van der Waals surface area (Å²) in [7, 11) is 0. The number of hydrogen-bond acceptors (Lipinski definition) is 3. The quantitative estimate of drug-likeness (QED) is 0.228. The van der Waals surface area contributed by atoms with Crippen molar-refractivity contribution in [2.45, 2.75) is 55.4 Å². The third-order valence-corrected chi connectivity index (χ3v) is 9.00. The third-order valence-electron chi connectivity index (χ3n) is 8.07. The molecule has 5 heteroatoms. The number of ketones is 1. The number of alkyl halides is 1. The molecule has 33 heavy (non-hydrogen) atoms. The lowest BCUT2D eigenvalue weighted by atomic mass is 9.49. The van der Waals surface area contributed by atoms with Gasteiger partial charge in [0, 0.05) is 32.6 Å². The average molecular weight is 506 g/mol. The van der Waals surface area contributed by atoms with Crippen LogP contribution in [0.4, 0.5) is 0 Å². The minimum absolute atomic E-state index is 0.00966. The Morgan fingerprint density at radius 1 is 1.00 bits per heavy atom. The molecular weight excluding hydrogens is 478 g/mol. The molecule has 0 spiro atoms. The fourth-order valence-corrected chi connectivity index (χ4v) is 8.85. The summed E-state index contributed by atoms with van der Waals surface area (Å²) in [5, 5.41) is 0.849. The number of fused-ring (bicyclic) bond motifs is 1. The molecule has 0 unspecified atom stereocenters. The van der Waals surface area contributed by atoms with Crippen LogP contribution >= 0.6 is 15.9 Å². The zero-order chi connectivity index (χ0) is 22.6. The van der Waals surface area contributed by atoms with E-state index in [-0.39, 0.29) is 21.5 Å². The minimum atomic E-state index is -0.940. The van der Waals surface area contributed by atoms with E-state index >= 15 is 0 Å². The summed E-state index contributed by atoms with van der Waals surface area (Å²) in [6.07, 6.45) is 8.20. The highest BCUT2D eigenvalue weighted by molar-refractivity contribution is 9.10. The molecule has 4 bridgehead atoms. The average Bonchev–Trinajstić information content (AvgIpc) is 3.20. The molecule has 4 fully saturated rings. The Labute approximate surface area is 202 Å². The SMILES string of the molecule is O=C(CC12C[C@H]3C[C@@H](CC(Br)(C3)C1)C2)O[C@H](C(=O)c1c[nH]c2ccccc12)c1ccccc1. The van der Waals surface area contributed by atoms with Gasteiger partial charge in [0.2, 0.25) is 5.78 Å². The lowest BCUT2D eigenvalue weighted by Crippen LogP contribution is -2.53. The standard InChI is InChI=1S/C28H28BrNO3/c29-28-13-18-10-19(14-28)12-27(11-18,17-28)15-24(31)33-26(20-6-2-1-3-7-20)25(32)22-16-30-23-9-5-4-8-21(22)23/h1-9,16,18-19,26,30H,10-15,17H2/t18-,19-,26+,27?,28?/m1/s1. The number of nitrogens with one attached hydrogen (secondary N) is 1. The van der Waals surface area contributed by atoms with E-state index in [1.54, 1.807) is 6.20 Å². The lowest BCUT2D eigenvalue weighted by Gasteiger charge is -2.60. The second-order valence-corrected chi connectivity index (χ2v) is 12.4. The number of hydrogen-bond donors (Lipinski definition) is 1. The zero-order valence-electron chi connectivity index (χ0n) is 18.6. The molecule has 0 aliphatic heterocycles. The summed E-state index contributed by atoms with van der Waals surface area (Å²) in [6, 6.07) is 17.1. The number of ether oxygens (including phenoxy) is 1. The van der Waals surface area contributed by atoms with Crippen molar-refractivity contribution in [3.05, 3.63) is 71.9 Å². The van der Waals surface area contributed by atoms with Crippen molar-refractivity contribution >= 4 is 38.6 Å². The van der Waals surface area contributed by atoms with Crippen molar-refractivity contribution in [1.82, 2.24) is 4.98 Å². The molecule has 4 aliphatic carbocycles. The van der Waals surface area contributed by atoms with Gasteiger partial charge < -0.3 is 9.72 Å². The topological polar surface area (TPSA) is 59.2 Å². The minimum Gasteiger partial charge on any atom is -0.449 e. The maximum absolute atomic E-state index is 13.7. The number of esters is 1. The summed E-state index contributed by atoms with van der Waals surface area (Å²) < 4.78 is 6.22. The Hall–Kier alpha value is -2.40. The van der Waals surface area contributed by atoms with Crippen LogP contribution in [0, 0.1) is 17.3 Å². The van der Waals surface area contributed by atoms with Crippen LogP contribution in [0.25, 0.3) is 10.9 Å². The third kappa shape index (κ3) is 3.84. The molecule has 4 nitrogen and oxygen atoms in total. The number of rotatable bonds is 6. The number of aromatic amines is 1. The van der Waals surface area contributed by atoms with Gasteiger partial charge in [-0.15, -0.1) is 0 Å². The van der Waals surface area contributed by atoms with Crippen LogP contribution in [0.5, 0.6) is 0 Å². The van der Waals surface area contributed by atoms with Gasteiger partial charge in [-0.3, -0.25) is 9.59 Å². The Kier molecular flexibility index (Phi) is 5.02. The van der Waals surface area contributed by atoms with Gasteiger partial charge in [-0.25, -0.2) is 0 Å². The fourth-order valence-electron chi connectivity index (χ4n) is 7.34. The normalized spacial score (nSPS) is 30.9. The van der Waals surface area contributed by atoms with Crippen LogP contribution in [-0.2, 0) is 9.53 Å². The summed E-state index contributed by atoms with van der Waals surface area (Å²) in [4.78, 5) is 30.2. The Morgan fingerprint density at radius 2 is 1.70 bits per heavy atom. The summed E-state index contributed by atoms with van der Waals surface area (Å²) in [5.74, 6) is 0.969. The first-order valence-electron chi connectivity index (χ1n) is 12.0. The molecule has 0 amide bonds. The van der Waals surface area contributed by atoms with E-state index < -0.39 is 6.10 Å². The van der Waals surface area contributed by atoms with Crippen molar-refractivity contribution in [2.24, 2.45) is 17.3 Å². The van der Waals surface area contributed by atoms with Gasteiger partial charge in [0.25, 0.3) is 0 Å². The first-order chi connectivity index (χ1) is 15.9. The molecule has 3 atom stereocenters. The first-order valence-corrected chi connectivity index (χ1v) is 12.8. The number of carbonyl (C=O) groups excluding carboxylic acids is 2. The first kappa shape index (κ1) is 21.2. The predicted molar refractivity (Wildman–Crippen MR) is 131 cm³/mol. The van der Waals surface area contributed by atoms with Gasteiger partial charge in [0.15, 0.2) is 6.10 Å². The van der Waals surface area contributed by atoms with Crippen LogP contribution in [-0.4, -0.2) is 21.1 Å². The predicted octanol–water partition coefficient (Wildman–Crippen LogP) is 6.76. The Morgan fingerprint density at radius 3 is 2.42 bits per heavy atom. The molecule has 0 saturated heterocycles. The van der Waals surface area contributed by atoms with Crippen LogP contribution in [0.15, 0.2) is 60.8 Å². The molecule has 2 aromatic carbocycles. The van der Waals surface area contributed by atoms with Crippen LogP contribution < -0.4 is 0 Å². The lowest BCUT2D eigenvalue weighted by molar-refractivity contribution is -0.154. The molecule has 1 N–H and O–H groups in total. The number of para-hydroxylation sites is 1. The largest absolute Gasteiger partial charge is 0.449 e. The molecule has 1 heterocycles. The van der Waals surface area contributed by atoms with Crippen molar-refractivity contribution in [1.29, 1.82) is 0 Å². The Balaban J connectivity index is 1.27. The summed E-state index contributed by atoms with van der Waals surface area (Å²) in [6.45, 7) is 0. The maximum atomic E-state index is 13.7. The number of carbonyl (C=O) groups is 2. The van der Waals surface area contributed by atoms with Gasteiger partial charge in [-0.2, -0.15) is 0 Å². The molecule has 4 saturated carbocycles. The van der Waals surface area contributed by atoms with Crippen LogP contribution in [0.3, 0.4) is 0 Å². The number of Topliss-reactive ketones (excluding diaryl/α,β-unsaturated/α-hetero) is 1. The van der Waals surface area contributed by atoms with Crippen LogP contribution in [0.2, 0.25) is 0 Å². The van der Waals surface area contributed by atoms with Gasteiger partial charge in [-0.1, -0.05) is 64.5 Å².